The average molecular weight is 401 g/mol. The second-order valence-electron chi connectivity index (χ2n) is 7.68. The minimum Gasteiger partial charge on any atom is -0.348 e. The monoisotopic (exact) mass is 400 g/mol. The Labute approximate surface area is 167 Å². The molecule has 3 rings (SSSR count). The maximum Gasteiger partial charge on any atom is 0.244 e. The van der Waals surface area contributed by atoms with Crippen LogP contribution in [0.3, 0.4) is 0 Å². The predicted molar refractivity (Wildman–Crippen MR) is 113 cm³/mol. The zero-order chi connectivity index (χ0) is 20.5. The average Bonchev–Trinajstić information content (AvgIpc) is 3.10. The van der Waals surface area contributed by atoms with Gasteiger partial charge in [-0.15, -0.1) is 0 Å². The van der Waals surface area contributed by atoms with Crippen molar-refractivity contribution in [1.29, 1.82) is 0 Å². The molecule has 0 aliphatic heterocycles. The fraction of sp³-hybridized carbons (Fsp3) is 0.409. The van der Waals surface area contributed by atoms with Crippen LogP contribution in [-0.4, -0.2) is 26.6 Å². The molecule has 0 aromatic heterocycles. The molecule has 0 saturated heterocycles. The molecule has 0 saturated carbocycles. The predicted octanol–water partition coefficient (Wildman–Crippen LogP) is 3.52. The first-order valence-corrected chi connectivity index (χ1v) is 11.5. The van der Waals surface area contributed by atoms with Crippen LogP contribution in [0.1, 0.15) is 48.6 Å². The number of nitrogens with zero attached hydrogens (tertiary/aromatic N) is 1. The van der Waals surface area contributed by atoms with Crippen molar-refractivity contribution in [3.05, 3.63) is 64.7 Å². The van der Waals surface area contributed by atoms with Crippen LogP contribution in [-0.2, 0) is 27.7 Å². The number of benzene rings is 2. The highest BCUT2D eigenvalue weighted by Crippen LogP contribution is 2.26. The molecular weight excluding hydrogens is 372 g/mol. The van der Waals surface area contributed by atoms with Gasteiger partial charge < -0.3 is 5.32 Å². The number of hydrogen-bond donors (Lipinski definition) is 1. The SMILES string of the molecule is Cc1ccc(N(C(C)C(=O)NC(C)c2ccc3c(c2)CCC3)S(C)(=O)=O)cc1. The van der Waals surface area contributed by atoms with E-state index in [9.17, 15) is 13.2 Å². The molecule has 1 aliphatic rings. The van der Waals surface area contributed by atoms with E-state index in [1.54, 1.807) is 19.1 Å². The van der Waals surface area contributed by atoms with Gasteiger partial charge in [-0.25, -0.2) is 8.42 Å². The van der Waals surface area contributed by atoms with Crippen LogP contribution in [0.4, 0.5) is 5.69 Å². The number of amides is 1. The molecule has 0 heterocycles. The Morgan fingerprint density at radius 2 is 1.68 bits per heavy atom. The highest BCUT2D eigenvalue weighted by molar-refractivity contribution is 7.92. The molecule has 1 amide bonds. The van der Waals surface area contributed by atoms with E-state index in [0.717, 1.165) is 30.2 Å². The summed E-state index contributed by atoms with van der Waals surface area (Å²) < 4.78 is 26.0. The molecule has 1 aliphatic carbocycles. The smallest absolute Gasteiger partial charge is 0.244 e. The summed E-state index contributed by atoms with van der Waals surface area (Å²) in [6, 6.07) is 12.4. The highest BCUT2D eigenvalue weighted by Gasteiger charge is 2.30. The van der Waals surface area contributed by atoms with Gasteiger partial charge in [-0.3, -0.25) is 9.10 Å². The zero-order valence-corrected chi connectivity index (χ0v) is 17.7. The van der Waals surface area contributed by atoms with Crippen molar-refractivity contribution in [3.8, 4) is 0 Å². The number of sulfonamides is 1. The normalized spacial score (nSPS) is 15.6. The second kappa shape index (κ2) is 7.95. The van der Waals surface area contributed by atoms with Crippen LogP contribution in [0.15, 0.2) is 42.5 Å². The molecule has 1 N–H and O–H groups in total. The van der Waals surface area contributed by atoms with Gasteiger partial charge in [0.25, 0.3) is 0 Å². The molecule has 5 nitrogen and oxygen atoms in total. The summed E-state index contributed by atoms with van der Waals surface area (Å²) in [5.41, 5.74) is 5.30. The van der Waals surface area contributed by atoms with Crippen molar-refractivity contribution in [2.45, 2.75) is 52.1 Å². The molecule has 2 unspecified atom stereocenters. The Balaban J connectivity index is 1.78. The molecule has 0 bridgehead atoms. The van der Waals surface area contributed by atoms with E-state index in [-0.39, 0.29) is 11.9 Å². The summed E-state index contributed by atoms with van der Waals surface area (Å²) in [7, 11) is -3.61. The topological polar surface area (TPSA) is 66.5 Å². The summed E-state index contributed by atoms with van der Waals surface area (Å²) in [6.07, 6.45) is 4.50. The van der Waals surface area contributed by atoms with Crippen LogP contribution in [0.5, 0.6) is 0 Å². The molecule has 2 atom stereocenters. The first kappa shape index (κ1) is 20.4. The maximum atomic E-state index is 12.9. The van der Waals surface area contributed by atoms with E-state index in [1.807, 2.05) is 32.0 Å². The third-order valence-electron chi connectivity index (χ3n) is 5.36. The van der Waals surface area contributed by atoms with Crippen molar-refractivity contribution in [1.82, 2.24) is 5.32 Å². The Morgan fingerprint density at radius 1 is 1.04 bits per heavy atom. The lowest BCUT2D eigenvalue weighted by atomic mass is 10.0. The first-order valence-electron chi connectivity index (χ1n) is 9.65. The van der Waals surface area contributed by atoms with E-state index >= 15 is 0 Å². The molecule has 2 aromatic carbocycles. The van der Waals surface area contributed by atoms with Crippen molar-refractivity contribution in [2.75, 3.05) is 10.6 Å². The molecule has 2 aromatic rings. The highest BCUT2D eigenvalue weighted by atomic mass is 32.2. The quantitative estimate of drug-likeness (QED) is 0.807. The number of aryl methyl sites for hydroxylation is 3. The minimum atomic E-state index is -3.61. The van der Waals surface area contributed by atoms with Crippen LogP contribution in [0, 0.1) is 6.92 Å². The van der Waals surface area contributed by atoms with E-state index in [0.29, 0.717) is 5.69 Å². The summed E-state index contributed by atoms with van der Waals surface area (Å²) in [5.74, 6) is -0.320. The van der Waals surface area contributed by atoms with E-state index in [4.69, 9.17) is 0 Å². The van der Waals surface area contributed by atoms with Gasteiger partial charge in [-0.05, 0) is 68.9 Å². The number of rotatable bonds is 6. The number of anilines is 1. The second-order valence-corrected chi connectivity index (χ2v) is 9.54. The first-order chi connectivity index (χ1) is 13.2. The van der Waals surface area contributed by atoms with Gasteiger partial charge in [0, 0.05) is 0 Å². The van der Waals surface area contributed by atoms with Crippen LogP contribution in [0.25, 0.3) is 0 Å². The van der Waals surface area contributed by atoms with Crippen LogP contribution >= 0.6 is 0 Å². The molecule has 150 valence electrons. The molecule has 0 spiro atoms. The van der Waals surface area contributed by atoms with Gasteiger partial charge in [-0.1, -0.05) is 35.9 Å². The van der Waals surface area contributed by atoms with Crippen molar-refractivity contribution >= 4 is 21.6 Å². The summed E-state index contributed by atoms with van der Waals surface area (Å²) in [4.78, 5) is 12.9. The summed E-state index contributed by atoms with van der Waals surface area (Å²) >= 11 is 0. The third-order valence-corrected chi connectivity index (χ3v) is 6.60. The number of carbonyl (C=O) groups excluding carboxylic acids is 1. The lowest BCUT2D eigenvalue weighted by Gasteiger charge is -2.29. The van der Waals surface area contributed by atoms with Gasteiger partial charge in [0.15, 0.2) is 0 Å². The fourth-order valence-corrected chi connectivity index (χ4v) is 4.95. The Hall–Kier alpha value is -2.34. The number of hydrogen-bond acceptors (Lipinski definition) is 3. The molecule has 28 heavy (non-hydrogen) atoms. The Kier molecular flexibility index (Phi) is 5.79. The van der Waals surface area contributed by atoms with E-state index < -0.39 is 16.1 Å². The van der Waals surface area contributed by atoms with Gasteiger partial charge >= 0.3 is 0 Å². The summed E-state index contributed by atoms with van der Waals surface area (Å²) in [5, 5.41) is 2.98. The fourth-order valence-electron chi connectivity index (χ4n) is 3.78. The van der Waals surface area contributed by atoms with Crippen molar-refractivity contribution in [3.63, 3.8) is 0 Å². The summed E-state index contributed by atoms with van der Waals surface area (Å²) in [6.45, 7) is 5.48. The van der Waals surface area contributed by atoms with Gasteiger partial charge in [0.2, 0.25) is 15.9 Å². The van der Waals surface area contributed by atoms with E-state index in [2.05, 4.69) is 17.4 Å². The van der Waals surface area contributed by atoms with Crippen molar-refractivity contribution < 1.29 is 13.2 Å². The molecule has 0 fully saturated rings. The number of nitrogens with one attached hydrogen (secondary N) is 1. The Bertz CT molecular complexity index is 968. The zero-order valence-electron chi connectivity index (χ0n) is 16.9. The lowest BCUT2D eigenvalue weighted by Crippen LogP contribution is -2.48. The maximum absolute atomic E-state index is 12.9. The van der Waals surface area contributed by atoms with Crippen molar-refractivity contribution in [2.24, 2.45) is 0 Å². The minimum absolute atomic E-state index is 0.194. The number of fused-ring (bicyclic) bond motifs is 1. The Morgan fingerprint density at radius 3 is 2.32 bits per heavy atom. The van der Waals surface area contributed by atoms with Crippen LogP contribution < -0.4 is 9.62 Å². The van der Waals surface area contributed by atoms with Gasteiger partial charge in [0.05, 0.1) is 18.0 Å². The standard InChI is InChI=1S/C22H28N2O3S/c1-15-8-12-21(13-9-15)24(28(4,26)27)17(3)22(25)23-16(2)19-11-10-18-6-5-7-20(18)14-19/h8-14,16-17H,5-7H2,1-4H3,(H,23,25). The largest absolute Gasteiger partial charge is 0.348 e. The van der Waals surface area contributed by atoms with Gasteiger partial charge in [0.1, 0.15) is 6.04 Å². The molecular formula is C22H28N2O3S. The lowest BCUT2D eigenvalue weighted by molar-refractivity contribution is -0.122. The number of carbonyl (C=O) groups is 1. The van der Waals surface area contributed by atoms with E-state index in [1.165, 1.54) is 21.9 Å². The molecule has 6 heteroatoms. The van der Waals surface area contributed by atoms with Crippen LogP contribution in [0.2, 0.25) is 0 Å². The van der Waals surface area contributed by atoms with Gasteiger partial charge in [-0.2, -0.15) is 0 Å². The third kappa shape index (κ3) is 4.38. The molecule has 0 radical (unpaired) electrons.